The maximum Gasteiger partial charge on any atom is 0.127 e. The molecule has 0 saturated carbocycles. The molecule has 0 heterocycles. The number of aryl methyl sites for hydroxylation is 1. The summed E-state index contributed by atoms with van der Waals surface area (Å²) in [7, 11) is 0. The summed E-state index contributed by atoms with van der Waals surface area (Å²) in [6.07, 6.45) is 0. The number of anilines is 1. The van der Waals surface area contributed by atoms with Gasteiger partial charge >= 0.3 is 0 Å². The highest BCUT2D eigenvalue weighted by atomic mass is 16.5. The smallest absolute Gasteiger partial charge is 0.127 e. The highest BCUT2D eigenvalue weighted by molar-refractivity contribution is 5.61. The molecular weight excluding hydrogens is 210 g/mol. The molecule has 2 aromatic carbocycles. The van der Waals surface area contributed by atoms with Crippen LogP contribution in [0.3, 0.4) is 0 Å². The van der Waals surface area contributed by atoms with Crippen LogP contribution in [0.4, 0.5) is 5.69 Å². The van der Waals surface area contributed by atoms with Gasteiger partial charge in [0.15, 0.2) is 0 Å². The zero-order valence-electron chi connectivity index (χ0n) is 9.81. The molecule has 0 aromatic heterocycles. The van der Waals surface area contributed by atoms with E-state index in [1.807, 2.05) is 55.5 Å². The van der Waals surface area contributed by atoms with Crippen molar-refractivity contribution >= 4 is 11.4 Å². The minimum absolute atomic E-state index is 0.619. The van der Waals surface area contributed by atoms with E-state index in [2.05, 4.69) is 6.58 Å². The number of nitrogens with two attached hydrogens (primary N) is 1. The van der Waals surface area contributed by atoms with Gasteiger partial charge in [-0.05, 0) is 43.3 Å². The van der Waals surface area contributed by atoms with Crippen molar-refractivity contribution in [2.45, 2.75) is 6.92 Å². The van der Waals surface area contributed by atoms with E-state index in [0.29, 0.717) is 5.76 Å². The Balaban J connectivity index is 2.11. The first-order valence-electron chi connectivity index (χ1n) is 5.44. The zero-order chi connectivity index (χ0) is 12.3. The van der Waals surface area contributed by atoms with Crippen molar-refractivity contribution in [1.82, 2.24) is 0 Å². The Hall–Kier alpha value is -2.22. The van der Waals surface area contributed by atoms with Crippen LogP contribution in [-0.2, 0) is 0 Å². The summed E-state index contributed by atoms with van der Waals surface area (Å²) >= 11 is 0. The third-order valence-corrected chi connectivity index (χ3v) is 2.49. The van der Waals surface area contributed by atoms with Gasteiger partial charge in [-0.1, -0.05) is 24.3 Å². The van der Waals surface area contributed by atoms with Crippen molar-refractivity contribution in [3.8, 4) is 5.75 Å². The van der Waals surface area contributed by atoms with Crippen LogP contribution in [0.25, 0.3) is 5.76 Å². The van der Waals surface area contributed by atoms with Crippen LogP contribution in [0, 0.1) is 6.92 Å². The first-order chi connectivity index (χ1) is 8.15. The third-order valence-electron chi connectivity index (χ3n) is 2.49. The molecule has 0 saturated heterocycles. The lowest BCUT2D eigenvalue weighted by atomic mass is 10.2. The van der Waals surface area contributed by atoms with Gasteiger partial charge in [0.25, 0.3) is 0 Å². The lowest BCUT2D eigenvalue weighted by Gasteiger charge is -2.09. The topological polar surface area (TPSA) is 35.2 Å². The molecule has 2 rings (SSSR count). The van der Waals surface area contributed by atoms with Gasteiger partial charge in [-0.15, -0.1) is 0 Å². The molecule has 2 nitrogen and oxygen atoms in total. The van der Waals surface area contributed by atoms with Crippen LogP contribution in [-0.4, -0.2) is 0 Å². The molecule has 0 bridgehead atoms. The van der Waals surface area contributed by atoms with E-state index in [1.165, 1.54) is 5.56 Å². The number of hydrogen-bond acceptors (Lipinski definition) is 2. The van der Waals surface area contributed by atoms with Gasteiger partial charge in [0, 0.05) is 11.3 Å². The summed E-state index contributed by atoms with van der Waals surface area (Å²) in [6, 6.07) is 15.3. The van der Waals surface area contributed by atoms with Crippen molar-refractivity contribution in [3.05, 3.63) is 66.2 Å². The van der Waals surface area contributed by atoms with E-state index in [-0.39, 0.29) is 0 Å². The van der Waals surface area contributed by atoms with Crippen LogP contribution in [0.5, 0.6) is 5.75 Å². The van der Waals surface area contributed by atoms with Crippen molar-refractivity contribution in [2.24, 2.45) is 0 Å². The van der Waals surface area contributed by atoms with E-state index >= 15 is 0 Å². The summed E-state index contributed by atoms with van der Waals surface area (Å²) in [6.45, 7) is 5.95. The van der Waals surface area contributed by atoms with Crippen LogP contribution >= 0.6 is 0 Å². The second kappa shape index (κ2) is 4.74. The molecule has 0 aliphatic heterocycles. The average molecular weight is 225 g/mol. The van der Waals surface area contributed by atoms with Gasteiger partial charge in [0.1, 0.15) is 11.5 Å². The molecule has 0 aliphatic rings. The fourth-order valence-corrected chi connectivity index (χ4v) is 1.48. The van der Waals surface area contributed by atoms with E-state index < -0.39 is 0 Å². The second-order valence-corrected chi connectivity index (χ2v) is 3.96. The monoisotopic (exact) mass is 225 g/mol. The minimum atomic E-state index is 0.619. The Morgan fingerprint density at radius 2 is 1.59 bits per heavy atom. The molecule has 0 unspecified atom stereocenters. The van der Waals surface area contributed by atoms with Gasteiger partial charge < -0.3 is 10.5 Å². The van der Waals surface area contributed by atoms with Crippen LogP contribution < -0.4 is 10.5 Å². The second-order valence-electron chi connectivity index (χ2n) is 3.96. The molecule has 2 aromatic rings. The molecule has 17 heavy (non-hydrogen) atoms. The number of benzene rings is 2. The summed E-state index contributed by atoms with van der Waals surface area (Å²) in [5, 5.41) is 0. The molecule has 0 atom stereocenters. The average Bonchev–Trinajstić information content (AvgIpc) is 2.33. The van der Waals surface area contributed by atoms with Crippen LogP contribution in [0.15, 0.2) is 55.1 Å². The highest BCUT2D eigenvalue weighted by Gasteiger charge is 2.01. The lowest BCUT2D eigenvalue weighted by molar-refractivity contribution is 0.516. The predicted octanol–water partition coefficient (Wildman–Crippen LogP) is 3.63. The van der Waals surface area contributed by atoms with E-state index in [1.54, 1.807) is 0 Å². The summed E-state index contributed by atoms with van der Waals surface area (Å²) in [4.78, 5) is 0. The van der Waals surface area contributed by atoms with Gasteiger partial charge in [0.2, 0.25) is 0 Å². The fraction of sp³-hybridized carbons (Fsp3) is 0.0667. The molecule has 0 amide bonds. The van der Waals surface area contributed by atoms with Crippen LogP contribution in [0.2, 0.25) is 0 Å². The minimum Gasteiger partial charge on any atom is -0.457 e. The Bertz CT molecular complexity index is 512. The summed E-state index contributed by atoms with van der Waals surface area (Å²) in [5.74, 6) is 1.41. The summed E-state index contributed by atoms with van der Waals surface area (Å²) < 4.78 is 5.66. The number of nitrogen functional groups attached to an aromatic ring is 1. The van der Waals surface area contributed by atoms with Gasteiger partial charge in [-0.25, -0.2) is 0 Å². The van der Waals surface area contributed by atoms with E-state index in [9.17, 15) is 0 Å². The number of rotatable bonds is 3. The number of ether oxygens (including phenoxy) is 1. The molecule has 0 aliphatic carbocycles. The van der Waals surface area contributed by atoms with E-state index in [0.717, 1.165) is 17.0 Å². The van der Waals surface area contributed by atoms with Gasteiger partial charge in [-0.2, -0.15) is 0 Å². The molecule has 2 N–H and O–H groups in total. The maximum atomic E-state index is 5.66. The van der Waals surface area contributed by atoms with Gasteiger partial charge in [0.05, 0.1) is 0 Å². The lowest BCUT2D eigenvalue weighted by Crippen LogP contribution is -1.94. The Morgan fingerprint density at radius 1 is 1.00 bits per heavy atom. The summed E-state index contributed by atoms with van der Waals surface area (Å²) in [5.41, 5.74) is 8.49. The van der Waals surface area contributed by atoms with Crippen molar-refractivity contribution in [1.29, 1.82) is 0 Å². The first-order valence-corrected chi connectivity index (χ1v) is 5.44. The number of hydrogen-bond donors (Lipinski definition) is 1. The molecule has 0 spiro atoms. The third kappa shape index (κ3) is 2.88. The normalized spacial score (nSPS) is 9.94. The van der Waals surface area contributed by atoms with Gasteiger partial charge in [-0.3, -0.25) is 0 Å². The Labute approximate surface area is 101 Å². The Kier molecular flexibility index (Phi) is 3.15. The van der Waals surface area contributed by atoms with E-state index in [4.69, 9.17) is 10.5 Å². The maximum absolute atomic E-state index is 5.66. The molecule has 0 radical (unpaired) electrons. The first kappa shape index (κ1) is 11.3. The fourth-order valence-electron chi connectivity index (χ4n) is 1.48. The highest BCUT2D eigenvalue weighted by Crippen LogP contribution is 2.20. The predicted molar refractivity (Wildman–Crippen MR) is 71.7 cm³/mol. The van der Waals surface area contributed by atoms with Crippen molar-refractivity contribution < 1.29 is 4.74 Å². The Morgan fingerprint density at radius 3 is 2.18 bits per heavy atom. The molecule has 2 heteroatoms. The standard InChI is InChI=1S/C15H15NO/c1-11-3-9-15(10-4-11)17-12(2)13-5-7-14(16)8-6-13/h3-10H,2,16H2,1H3. The quantitative estimate of drug-likeness (QED) is 0.639. The van der Waals surface area contributed by atoms with Crippen molar-refractivity contribution in [2.75, 3.05) is 5.73 Å². The molecule has 0 fully saturated rings. The molecule has 86 valence electrons. The zero-order valence-corrected chi connectivity index (χ0v) is 9.81. The van der Waals surface area contributed by atoms with Crippen molar-refractivity contribution in [3.63, 3.8) is 0 Å². The largest absolute Gasteiger partial charge is 0.457 e. The SMILES string of the molecule is C=C(Oc1ccc(C)cc1)c1ccc(N)cc1. The molecular formula is C15H15NO. The van der Waals surface area contributed by atoms with Crippen LogP contribution in [0.1, 0.15) is 11.1 Å².